The number of hydrogen-bond donors (Lipinski definition) is 1. The second-order valence-corrected chi connectivity index (χ2v) is 9.02. The Morgan fingerprint density at radius 3 is 2.36 bits per heavy atom. The van der Waals surface area contributed by atoms with Crippen molar-refractivity contribution in [2.75, 3.05) is 37.6 Å². The van der Waals surface area contributed by atoms with Crippen LogP contribution in [0, 0.1) is 0 Å². The van der Waals surface area contributed by atoms with Crippen LogP contribution in [0.4, 0.5) is 5.69 Å². The molecule has 1 fully saturated rings. The minimum atomic E-state index is -3.61. The van der Waals surface area contributed by atoms with Crippen LogP contribution in [-0.2, 0) is 10.0 Å². The van der Waals surface area contributed by atoms with E-state index in [4.69, 9.17) is 0 Å². The standard InChI is InChI=1S/C21H25N3O3S/c25-21-18-9-4-5-11-20(18)28(26,27)22-19(21)10-6-12-23-13-15-24(16-14-23)17-7-2-1-3-8-17/h1-5,7-9,11,19,22H,6,10,12-16H2. The van der Waals surface area contributed by atoms with Gasteiger partial charge in [0.25, 0.3) is 0 Å². The Morgan fingerprint density at radius 1 is 0.929 bits per heavy atom. The molecule has 28 heavy (non-hydrogen) atoms. The molecule has 1 unspecified atom stereocenters. The van der Waals surface area contributed by atoms with Gasteiger partial charge < -0.3 is 4.90 Å². The molecule has 0 spiro atoms. The Kier molecular flexibility index (Phi) is 5.48. The first-order valence-corrected chi connectivity index (χ1v) is 11.2. The Balaban J connectivity index is 1.29. The van der Waals surface area contributed by atoms with Crippen molar-refractivity contribution >= 4 is 21.5 Å². The average Bonchev–Trinajstić information content (AvgIpc) is 2.73. The number of nitrogens with zero attached hydrogens (tertiary/aromatic N) is 2. The Bertz CT molecular complexity index is 938. The van der Waals surface area contributed by atoms with Gasteiger partial charge in [-0.05, 0) is 43.7 Å². The van der Waals surface area contributed by atoms with Gasteiger partial charge in [0.05, 0.1) is 10.9 Å². The first-order valence-electron chi connectivity index (χ1n) is 9.72. The van der Waals surface area contributed by atoms with Crippen LogP contribution < -0.4 is 9.62 Å². The third-order valence-corrected chi connectivity index (χ3v) is 7.05. The van der Waals surface area contributed by atoms with Crippen molar-refractivity contribution in [3.05, 3.63) is 60.2 Å². The van der Waals surface area contributed by atoms with E-state index in [9.17, 15) is 13.2 Å². The maximum atomic E-state index is 12.6. The number of carbonyl (C=O) groups is 1. The number of anilines is 1. The summed E-state index contributed by atoms with van der Waals surface area (Å²) in [5.74, 6) is -0.126. The molecule has 2 aliphatic heterocycles. The number of sulfonamides is 1. The zero-order chi connectivity index (χ0) is 19.6. The van der Waals surface area contributed by atoms with Gasteiger partial charge in [0.15, 0.2) is 5.78 Å². The van der Waals surface area contributed by atoms with Gasteiger partial charge >= 0.3 is 0 Å². The molecule has 2 aromatic carbocycles. The van der Waals surface area contributed by atoms with Gasteiger partial charge in [0, 0.05) is 37.4 Å². The van der Waals surface area contributed by atoms with E-state index >= 15 is 0 Å². The van der Waals surface area contributed by atoms with Gasteiger partial charge in [-0.2, -0.15) is 0 Å². The smallest absolute Gasteiger partial charge is 0.241 e. The van der Waals surface area contributed by atoms with Crippen molar-refractivity contribution in [2.45, 2.75) is 23.8 Å². The summed E-state index contributed by atoms with van der Waals surface area (Å²) in [6.45, 7) is 4.78. The number of para-hydroxylation sites is 1. The third-order valence-electron chi connectivity index (χ3n) is 5.52. The topological polar surface area (TPSA) is 69.7 Å². The highest BCUT2D eigenvalue weighted by Gasteiger charge is 2.35. The fourth-order valence-electron chi connectivity index (χ4n) is 3.97. The minimum Gasteiger partial charge on any atom is -0.369 e. The summed E-state index contributed by atoms with van der Waals surface area (Å²) < 4.78 is 27.3. The summed E-state index contributed by atoms with van der Waals surface area (Å²) >= 11 is 0. The van der Waals surface area contributed by atoms with E-state index in [0.717, 1.165) is 39.1 Å². The fraction of sp³-hybridized carbons (Fsp3) is 0.381. The Labute approximate surface area is 166 Å². The van der Waals surface area contributed by atoms with Crippen LogP contribution in [0.5, 0.6) is 0 Å². The average molecular weight is 400 g/mol. The molecule has 0 amide bonds. The van der Waals surface area contributed by atoms with Gasteiger partial charge in [-0.1, -0.05) is 30.3 Å². The van der Waals surface area contributed by atoms with E-state index < -0.39 is 16.1 Å². The molecular weight excluding hydrogens is 374 g/mol. The minimum absolute atomic E-state index is 0.0910. The van der Waals surface area contributed by atoms with Crippen LogP contribution in [-0.4, -0.2) is 57.9 Å². The monoisotopic (exact) mass is 399 g/mol. The highest BCUT2D eigenvalue weighted by Crippen LogP contribution is 2.24. The predicted molar refractivity (Wildman–Crippen MR) is 109 cm³/mol. The first kappa shape index (κ1) is 19.1. The second-order valence-electron chi connectivity index (χ2n) is 7.34. The van der Waals surface area contributed by atoms with Crippen LogP contribution in [0.25, 0.3) is 0 Å². The van der Waals surface area contributed by atoms with E-state index in [1.165, 1.54) is 11.8 Å². The van der Waals surface area contributed by atoms with Crippen LogP contribution >= 0.6 is 0 Å². The number of hydrogen-bond acceptors (Lipinski definition) is 5. The molecule has 2 aliphatic rings. The molecule has 1 saturated heterocycles. The summed E-state index contributed by atoms with van der Waals surface area (Å²) in [6, 6.07) is 16.2. The highest BCUT2D eigenvalue weighted by atomic mass is 32.2. The molecule has 0 bridgehead atoms. The van der Waals surface area contributed by atoms with Gasteiger partial charge in [-0.3, -0.25) is 9.69 Å². The lowest BCUT2D eigenvalue weighted by molar-refractivity contribution is 0.0938. The number of carbonyl (C=O) groups excluding carboxylic acids is 1. The van der Waals surface area contributed by atoms with E-state index in [2.05, 4.69) is 38.8 Å². The molecule has 1 atom stereocenters. The molecule has 2 heterocycles. The van der Waals surface area contributed by atoms with Crippen molar-refractivity contribution in [1.29, 1.82) is 0 Å². The van der Waals surface area contributed by atoms with Crippen LogP contribution in [0.3, 0.4) is 0 Å². The van der Waals surface area contributed by atoms with Crippen molar-refractivity contribution in [3.63, 3.8) is 0 Å². The SMILES string of the molecule is O=C1c2ccccc2S(=O)(=O)NC1CCCN1CCN(c2ccccc2)CC1. The number of nitrogens with one attached hydrogen (secondary N) is 1. The number of piperazine rings is 1. The fourth-order valence-corrected chi connectivity index (χ4v) is 5.42. The van der Waals surface area contributed by atoms with E-state index in [0.29, 0.717) is 12.0 Å². The van der Waals surface area contributed by atoms with Crippen LogP contribution in [0.15, 0.2) is 59.5 Å². The molecule has 0 radical (unpaired) electrons. The molecule has 148 valence electrons. The number of ketones is 1. The summed E-state index contributed by atoms with van der Waals surface area (Å²) in [4.78, 5) is 17.5. The maximum Gasteiger partial charge on any atom is 0.241 e. The number of Topliss-reactive ketones (excluding diaryl/α,β-unsaturated/α-hetero) is 1. The van der Waals surface area contributed by atoms with Crippen LogP contribution in [0.1, 0.15) is 23.2 Å². The highest BCUT2D eigenvalue weighted by molar-refractivity contribution is 7.89. The molecule has 0 aliphatic carbocycles. The molecule has 7 heteroatoms. The van der Waals surface area contributed by atoms with Crippen molar-refractivity contribution < 1.29 is 13.2 Å². The summed E-state index contributed by atoms with van der Waals surface area (Å²) in [5, 5.41) is 0. The molecule has 0 aromatic heterocycles. The summed E-state index contributed by atoms with van der Waals surface area (Å²) in [6.07, 6.45) is 1.30. The normalized spacial score (nSPS) is 22.1. The van der Waals surface area contributed by atoms with E-state index in [1.54, 1.807) is 18.2 Å². The number of benzene rings is 2. The second kappa shape index (κ2) is 8.03. The van der Waals surface area contributed by atoms with Crippen molar-refractivity contribution in [1.82, 2.24) is 9.62 Å². The summed E-state index contributed by atoms with van der Waals surface area (Å²) in [5.41, 5.74) is 1.56. The lowest BCUT2D eigenvalue weighted by Gasteiger charge is -2.36. The van der Waals surface area contributed by atoms with E-state index in [1.807, 2.05) is 6.07 Å². The Morgan fingerprint density at radius 2 is 1.61 bits per heavy atom. The number of fused-ring (bicyclic) bond motifs is 1. The zero-order valence-electron chi connectivity index (χ0n) is 15.8. The predicted octanol–water partition coefficient (Wildman–Crippen LogP) is 2.13. The molecular formula is C21H25N3O3S. The summed E-state index contributed by atoms with van der Waals surface area (Å²) in [7, 11) is -3.61. The maximum absolute atomic E-state index is 12.6. The molecule has 4 rings (SSSR count). The third kappa shape index (κ3) is 3.97. The molecule has 2 aromatic rings. The molecule has 1 N–H and O–H groups in total. The largest absolute Gasteiger partial charge is 0.369 e. The van der Waals surface area contributed by atoms with Gasteiger partial charge in [0.1, 0.15) is 0 Å². The quantitative estimate of drug-likeness (QED) is 0.834. The lowest BCUT2D eigenvalue weighted by Crippen LogP contribution is -2.48. The first-order chi connectivity index (χ1) is 13.5. The van der Waals surface area contributed by atoms with Crippen molar-refractivity contribution in [3.8, 4) is 0 Å². The molecule has 6 nitrogen and oxygen atoms in total. The van der Waals surface area contributed by atoms with Gasteiger partial charge in [0.2, 0.25) is 10.0 Å². The Hall–Kier alpha value is -2.22. The van der Waals surface area contributed by atoms with Gasteiger partial charge in [-0.25, -0.2) is 13.1 Å². The molecule has 0 saturated carbocycles. The van der Waals surface area contributed by atoms with E-state index in [-0.39, 0.29) is 10.7 Å². The van der Waals surface area contributed by atoms with Gasteiger partial charge in [-0.15, -0.1) is 0 Å². The van der Waals surface area contributed by atoms with Crippen LogP contribution in [0.2, 0.25) is 0 Å². The van der Waals surface area contributed by atoms with Crippen molar-refractivity contribution in [2.24, 2.45) is 0 Å². The lowest BCUT2D eigenvalue weighted by atomic mass is 10.0. The number of rotatable bonds is 5. The zero-order valence-corrected chi connectivity index (χ0v) is 16.6.